The summed E-state index contributed by atoms with van der Waals surface area (Å²) in [5, 5.41) is 11.7. The molecule has 1 aromatic carbocycles. The van der Waals surface area contributed by atoms with Crippen LogP contribution in [0.4, 0.5) is 0 Å². The average molecular weight is 276 g/mol. The van der Waals surface area contributed by atoms with E-state index in [9.17, 15) is 0 Å². The summed E-state index contributed by atoms with van der Waals surface area (Å²) in [7, 11) is 0. The molecule has 0 aromatic heterocycles. The minimum atomic E-state index is 0.140. The molecule has 0 aliphatic heterocycles. The molecule has 0 bridgehead atoms. The first kappa shape index (κ1) is 14.9. The standard InChI is InChI=1S/C16H24N2O2/c1-11-4-3-5-15(8-11)20-10-14-7-6-13(9-12(14)2)16(17)18-19/h6-7,9,11,15,19H,3-5,8,10H2,1-2H3,(H2,17,18). The van der Waals surface area contributed by atoms with Gasteiger partial charge in [0.1, 0.15) is 0 Å². The molecule has 20 heavy (non-hydrogen) atoms. The summed E-state index contributed by atoms with van der Waals surface area (Å²) in [6.45, 7) is 4.96. The fourth-order valence-electron chi connectivity index (χ4n) is 2.81. The molecule has 1 saturated carbocycles. The molecule has 2 atom stereocenters. The van der Waals surface area contributed by atoms with E-state index >= 15 is 0 Å². The van der Waals surface area contributed by atoms with Gasteiger partial charge in [0, 0.05) is 5.56 Å². The van der Waals surface area contributed by atoms with E-state index in [1.54, 1.807) is 0 Å². The predicted molar refractivity (Wildman–Crippen MR) is 79.9 cm³/mol. The molecule has 4 nitrogen and oxygen atoms in total. The Morgan fingerprint density at radius 2 is 2.25 bits per heavy atom. The van der Waals surface area contributed by atoms with E-state index in [-0.39, 0.29) is 5.84 Å². The number of aryl methyl sites for hydroxylation is 1. The number of benzene rings is 1. The monoisotopic (exact) mass is 276 g/mol. The molecule has 1 aromatic rings. The molecule has 3 N–H and O–H groups in total. The van der Waals surface area contributed by atoms with Crippen LogP contribution in [0.5, 0.6) is 0 Å². The summed E-state index contributed by atoms with van der Waals surface area (Å²) >= 11 is 0. The van der Waals surface area contributed by atoms with Gasteiger partial charge in [0.15, 0.2) is 5.84 Å². The lowest BCUT2D eigenvalue weighted by Crippen LogP contribution is -2.21. The zero-order valence-corrected chi connectivity index (χ0v) is 12.3. The highest BCUT2D eigenvalue weighted by atomic mass is 16.5. The van der Waals surface area contributed by atoms with E-state index in [1.165, 1.54) is 25.7 Å². The summed E-state index contributed by atoms with van der Waals surface area (Å²) in [6.07, 6.45) is 5.33. The van der Waals surface area contributed by atoms with Gasteiger partial charge in [-0.05, 0) is 42.9 Å². The highest BCUT2D eigenvalue weighted by Crippen LogP contribution is 2.26. The van der Waals surface area contributed by atoms with Crippen LogP contribution in [0.25, 0.3) is 0 Å². The summed E-state index contributed by atoms with van der Waals surface area (Å²) < 4.78 is 6.04. The minimum Gasteiger partial charge on any atom is -0.409 e. The summed E-state index contributed by atoms with van der Waals surface area (Å²) in [5.41, 5.74) is 8.60. The molecular weight excluding hydrogens is 252 g/mol. The minimum absolute atomic E-state index is 0.140. The van der Waals surface area contributed by atoms with Crippen molar-refractivity contribution in [1.29, 1.82) is 0 Å². The number of rotatable bonds is 4. The Hall–Kier alpha value is -1.55. The van der Waals surface area contributed by atoms with Gasteiger partial charge >= 0.3 is 0 Å². The van der Waals surface area contributed by atoms with Crippen molar-refractivity contribution in [3.63, 3.8) is 0 Å². The van der Waals surface area contributed by atoms with Gasteiger partial charge in [0.2, 0.25) is 0 Å². The second kappa shape index (κ2) is 6.75. The Balaban J connectivity index is 1.96. The zero-order valence-electron chi connectivity index (χ0n) is 12.3. The van der Waals surface area contributed by atoms with Crippen molar-refractivity contribution in [2.45, 2.75) is 52.2 Å². The molecular formula is C16H24N2O2. The normalized spacial score (nSPS) is 23.8. The SMILES string of the molecule is Cc1cc(/C(N)=N/O)ccc1COC1CCCC(C)C1. The van der Waals surface area contributed by atoms with Gasteiger partial charge in [-0.3, -0.25) is 0 Å². The van der Waals surface area contributed by atoms with Crippen molar-refractivity contribution in [3.05, 3.63) is 34.9 Å². The molecule has 2 rings (SSSR count). The van der Waals surface area contributed by atoms with Crippen molar-refractivity contribution in [2.75, 3.05) is 0 Å². The molecule has 2 unspecified atom stereocenters. The predicted octanol–water partition coefficient (Wildman–Crippen LogP) is 3.18. The molecule has 1 aliphatic rings. The van der Waals surface area contributed by atoms with Gasteiger partial charge in [-0.25, -0.2) is 0 Å². The first-order valence-electron chi connectivity index (χ1n) is 7.29. The largest absolute Gasteiger partial charge is 0.409 e. The highest BCUT2D eigenvalue weighted by Gasteiger charge is 2.19. The van der Waals surface area contributed by atoms with E-state index in [0.717, 1.165) is 22.6 Å². The molecule has 1 aliphatic carbocycles. The highest BCUT2D eigenvalue weighted by molar-refractivity contribution is 5.97. The molecule has 4 heteroatoms. The molecule has 0 saturated heterocycles. The van der Waals surface area contributed by atoms with Crippen LogP contribution in [0, 0.1) is 12.8 Å². The van der Waals surface area contributed by atoms with Crippen molar-refractivity contribution < 1.29 is 9.94 Å². The van der Waals surface area contributed by atoms with Crippen molar-refractivity contribution in [1.82, 2.24) is 0 Å². The van der Waals surface area contributed by atoms with E-state index < -0.39 is 0 Å². The van der Waals surface area contributed by atoms with Crippen LogP contribution in [0.1, 0.15) is 49.3 Å². The van der Waals surface area contributed by atoms with Crippen LogP contribution in [0.15, 0.2) is 23.4 Å². The number of nitrogens with zero attached hydrogens (tertiary/aromatic N) is 1. The van der Waals surface area contributed by atoms with Gasteiger partial charge in [-0.1, -0.05) is 37.1 Å². The maximum Gasteiger partial charge on any atom is 0.170 e. The quantitative estimate of drug-likeness (QED) is 0.384. The van der Waals surface area contributed by atoms with E-state index in [2.05, 4.69) is 12.1 Å². The van der Waals surface area contributed by atoms with Crippen LogP contribution >= 0.6 is 0 Å². The maximum absolute atomic E-state index is 8.69. The summed E-state index contributed by atoms with van der Waals surface area (Å²) in [6, 6.07) is 5.79. The number of amidine groups is 1. The molecule has 0 radical (unpaired) electrons. The Labute approximate surface area is 120 Å². The number of ether oxygens (including phenoxy) is 1. The molecule has 0 heterocycles. The third kappa shape index (κ3) is 3.73. The first-order chi connectivity index (χ1) is 9.60. The fourth-order valence-corrected chi connectivity index (χ4v) is 2.81. The summed E-state index contributed by atoms with van der Waals surface area (Å²) in [5.74, 6) is 0.916. The lowest BCUT2D eigenvalue weighted by atomic mass is 9.89. The maximum atomic E-state index is 8.69. The van der Waals surface area contributed by atoms with Gasteiger partial charge in [-0.2, -0.15) is 0 Å². The van der Waals surface area contributed by atoms with Gasteiger partial charge in [0.05, 0.1) is 12.7 Å². The molecule has 0 spiro atoms. The number of hydrogen-bond acceptors (Lipinski definition) is 3. The first-order valence-corrected chi connectivity index (χ1v) is 7.29. The Morgan fingerprint density at radius 3 is 2.90 bits per heavy atom. The second-order valence-electron chi connectivity index (χ2n) is 5.83. The van der Waals surface area contributed by atoms with Crippen LogP contribution in [-0.2, 0) is 11.3 Å². The second-order valence-corrected chi connectivity index (χ2v) is 5.83. The van der Waals surface area contributed by atoms with Gasteiger partial charge < -0.3 is 15.7 Å². The Bertz CT molecular complexity index is 485. The topological polar surface area (TPSA) is 67.8 Å². The average Bonchev–Trinajstić information content (AvgIpc) is 2.45. The molecule has 0 amide bonds. The van der Waals surface area contributed by atoms with Crippen LogP contribution < -0.4 is 5.73 Å². The Kier molecular flexibility index (Phi) is 5.01. The van der Waals surface area contributed by atoms with Crippen LogP contribution in [0.3, 0.4) is 0 Å². The smallest absolute Gasteiger partial charge is 0.170 e. The summed E-state index contributed by atoms with van der Waals surface area (Å²) in [4.78, 5) is 0. The van der Waals surface area contributed by atoms with Crippen LogP contribution in [0.2, 0.25) is 0 Å². The fraction of sp³-hybridized carbons (Fsp3) is 0.562. The molecule has 110 valence electrons. The van der Waals surface area contributed by atoms with E-state index in [0.29, 0.717) is 12.7 Å². The number of nitrogens with two attached hydrogens (primary N) is 1. The zero-order chi connectivity index (χ0) is 14.5. The van der Waals surface area contributed by atoms with E-state index in [4.69, 9.17) is 15.7 Å². The van der Waals surface area contributed by atoms with Crippen LogP contribution in [-0.4, -0.2) is 17.1 Å². The van der Waals surface area contributed by atoms with Gasteiger partial charge in [0.25, 0.3) is 0 Å². The van der Waals surface area contributed by atoms with Crippen molar-refractivity contribution in [3.8, 4) is 0 Å². The van der Waals surface area contributed by atoms with Gasteiger partial charge in [-0.15, -0.1) is 0 Å². The number of oxime groups is 1. The third-order valence-corrected chi connectivity index (χ3v) is 4.11. The van der Waals surface area contributed by atoms with Crippen molar-refractivity contribution >= 4 is 5.84 Å². The van der Waals surface area contributed by atoms with Crippen molar-refractivity contribution in [2.24, 2.45) is 16.8 Å². The lowest BCUT2D eigenvalue weighted by Gasteiger charge is -2.27. The van der Waals surface area contributed by atoms with E-state index in [1.807, 2.05) is 25.1 Å². The molecule has 1 fully saturated rings. The third-order valence-electron chi connectivity index (χ3n) is 4.11. The number of hydrogen-bond donors (Lipinski definition) is 2. The lowest BCUT2D eigenvalue weighted by molar-refractivity contribution is 0.00447. The Morgan fingerprint density at radius 1 is 1.45 bits per heavy atom.